The third-order valence-electron chi connectivity index (χ3n) is 5.23. The number of sulfonamides is 1. The second kappa shape index (κ2) is 9.49. The fourth-order valence-electron chi connectivity index (χ4n) is 3.53. The molecule has 0 N–H and O–H groups in total. The third-order valence-corrected chi connectivity index (χ3v) is 7.15. The van der Waals surface area contributed by atoms with Crippen molar-refractivity contribution in [3.05, 3.63) is 29.8 Å². The van der Waals surface area contributed by atoms with Gasteiger partial charge in [0.05, 0.1) is 4.90 Å². The number of Topliss-reactive ketones (excluding diaryl/α,β-unsaturated/α-hetero) is 1. The Labute approximate surface area is 170 Å². The van der Waals surface area contributed by atoms with Gasteiger partial charge in [-0.3, -0.25) is 14.4 Å². The summed E-state index contributed by atoms with van der Waals surface area (Å²) in [6, 6.07) is 5.66. The lowest BCUT2D eigenvalue weighted by Crippen LogP contribution is -2.36. The molecule has 0 aromatic heterocycles. The summed E-state index contributed by atoms with van der Waals surface area (Å²) in [4.78, 5) is 37.8. The molecule has 1 aromatic carbocycles. The quantitative estimate of drug-likeness (QED) is 0.489. The number of hydrogen-bond acceptors (Lipinski definition) is 6. The van der Waals surface area contributed by atoms with Crippen LogP contribution in [0.4, 0.5) is 0 Å². The molecule has 0 unspecified atom stereocenters. The number of nitrogens with zero attached hydrogens (tertiary/aromatic N) is 2. The van der Waals surface area contributed by atoms with Crippen molar-refractivity contribution in [2.24, 2.45) is 0 Å². The third kappa shape index (κ3) is 5.42. The topological polar surface area (TPSA) is 101 Å². The summed E-state index contributed by atoms with van der Waals surface area (Å²) in [7, 11) is -3.53. The molecule has 8 nitrogen and oxygen atoms in total. The molecule has 2 aliphatic heterocycles. The van der Waals surface area contributed by atoms with Gasteiger partial charge in [-0.1, -0.05) is 6.42 Å². The zero-order chi connectivity index (χ0) is 20.9. The van der Waals surface area contributed by atoms with E-state index in [4.69, 9.17) is 4.74 Å². The van der Waals surface area contributed by atoms with Crippen molar-refractivity contribution in [2.75, 3.05) is 32.8 Å². The van der Waals surface area contributed by atoms with Gasteiger partial charge in [0.25, 0.3) is 0 Å². The maximum Gasteiger partial charge on any atom is 0.326 e. The Morgan fingerprint density at radius 3 is 2.28 bits per heavy atom. The highest BCUT2D eigenvalue weighted by Gasteiger charge is 2.27. The maximum absolute atomic E-state index is 12.5. The summed E-state index contributed by atoms with van der Waals surface area (Å²) in [5, 5.41) is 0. The lowest BCUT2D eigenvalue weighted by molar-refractivity contribution is -0.148. The first kappa shape index (κ1) is 21.4. The predicted octanol–water partition coefficient (Wildman–Crippen LogP) is 1.60. The Balaban J connectivity index is 1.52. The maximum atomic E-state index is 12.5. The summed E-state index contributed by atoms with van der Waals surface area (Å²) in [5.74, 6) is -1.12. The van der Waals surface area contributed by atoms with Crippen LogP contribution in [0.2, 0.25) is 0 Å². The smallest absolute Gasteiger partial charge is 0.326 e. The molecule has 2 heterocycles. The van der Waals surface area contributed by atoms with E-state index >= 15 is 0 Å². The molecule has 0 radical (unpaired) electrons. The summed E-state index contributed by atoms with van der Waals surface area (Å²) in [6.07, 6.45) is 4.77. The molecule has 9 heteroatoms. The van der Waals surface area contributed by atoms with Gasteiger partial charge in [0.2, 0.25) is 15.9 Å². The van der Waals surface area contributed by atoms with Crippen molar-refractivity contribution in [3.63, 3.8) is 0 Å². The molecule has 2 aliphatic rings. The number of rotatable bonds is 7. The number of amides is 1. The largest absolute Gasteiger partial charge is 0.456 e. The minimum Gasteiger partial charge on any atom is -0.456 e. The van der Waals surface area contributed by atoms with E-state index in [2.05, 4.69) is 0 Å². The highest BCUT2D eigenvalue weighted by Crippen LogP contribution is 2.21. The molecule has 1 amide bonds. The van der Waals surface area contributed by atoms with Gasteiger partial charge in [0.15, 0.2) is 12.4 Å². The molecule has 0 spiro atoms. The Morgan fingerprint density at radius 2 is 1.59 bits per heavy atom. The van der Waals surface area contributed by atoms with Gasteiger partial charge >= 0.3 is 5.97 Å². The van der Waals surface area contributed by atoms with E-state index in [0.29, 0.717) is 26.1 Å². The second-order valence-electron chi connectivity index (χ2n) is 7.35. The fourth-order valence-corrected chi connectivity index (χ4v) is 5.04. The number of benzene rings is 1. The lowest BCUT2D eigenvalue weighted by Gasteiger charge is -2.19. The highest BCUT2D eigenvalue weighted by atomic mass is 32.2. The van der Waals surface area contributed by atoms with E-state index in [-0.39, 0.29) is 22.9 Å². The standard InChI is InChI=1S/C20H26N2O6S/c23-18(15-28-20(25)14-21-11-3-1-2-6-19(21)24)16-7-9-17(10-8-16)29(26,27)22-12-4-5-13-22/h7-10H,1-6,11-15H2. The summed E-state index contributed by atoms with van der Waals surface area (Å²) in [5.41, 5.74) is 0.268. The number of likely N-dealkylation sites (tertiary alicyclic amines) is 1. The molecule has 2 saturated heterocycles. The number of ketones is 1. The fraction of sp³-hybridized carbons (Fsp3) is 0.550. The molecule has 158 valence electrons. The van der Waals surface area contributed by atoms with E-state index in [0.717, 1.165) is 32.1 Å². The Kier molecular flexibility index (Phi) is 7.02. The number of carbonyl (C=O) groups is 3. The molecule has 0 bridgehead atoms. The number of ether oxygens (including phenoxy) is 1. The van der Waals surface area contributed by atoms with Crippen LogP contribution in [0.25, 0.3) is 0 Å². The van der Waals surface area contributed by atoms with Crippen molar-refractivity contribution in [1.29, 1.82) is 0 Å². The van der Waals surface area contributed by atoms with E-state index in [1.807, 2.05) is 0 Å². The van der Waals surface area contributed by atoms with Gasteiger partial charge in [-0.15, -0.1) is 0 Å². The number of carbonyl (C=O) groups excluding carboxylic acids is 3. The minimum absolute atomic E-state index is 0.0689. The predicted molar refractivity (Wildman–Crippen MR) is 105 cm³/mol. The molecular formula is C20H26N2O6S. The first-order valence-corrected chi connectivity index (χ1v) is 11.4. The molecule has 0 saturated carbocycles. The summed E-state index contributed by atoms with van der Waals surface area (Å²) < 4.78 is 31.5. The van der Waals surface area contributed by atoms with Crippen LogP contribution in [0, 0.1) is 0 Å². The molecule has 29 heavy (non-hydrogen) atoms. The van der Waals surface area contributed by atoms with E-state index in [1.165, 1.54) is 33.5 Å². The van der Waals surface area contributed by atoms with Gasteiger partial charge in [0, 0.05) is 31.6 Å². The van der Waals surface area contributed by atoms with Gasteiger partial charge in [-0.25, -0.2) is 8.42 Å². The van der Waals surface area contributed by atoms with E-state index in [1.54, 1.807) is 0 Å². The van der Waals surface area contributed by atoms with Gasteiger partial charge in [-0.05, 0) is 49.9 Å². The Bertz CT molecular complexity index is 859. The normalized spacial score (nSPS) is 18.5. The van der Waals surface area contributed by atoms with Crippen LogP contribution in [0.3, 0.4) is 0 Å². The van der Waals surface area contributed by atoms with Crippen molar-refractivity contribution in [1.82, 2.24) is 9.21 Å². The Hall–Kier alpha value is -2.26. The second-order valence-corrected chi connectivity index (χ2v) is 9.28. The van der Waals surface area contributed by atoms with Crippen LogP contribution in [-0.4, -0.2) is 68.1 Å². The van der Waals surface area contributed by atoms with Gasteiger partial charge in [-0.2, -0.15) is 4.31 Å². The average molecular weight is 423 g/mol. The molecule has 2 fully saturated rings. The first-order chi connectivity index (χ1) is 13.9. The summed E-state index contributed by atoms with van der Waals surface area (Å²) in [6.45, 7) is 0.948. The van der Waals surface area contributed by atoms with Crippen LogP contribution >= 0.6 is 0 Å². The van der Waals surface area contributed by atoms with Gasteiger partial charge in [0.1, 0.15) is 6.54 Å². The first-order valence-electron chi connectivity index (χ1n) is 9.95. The molecular weight excluding hydrogens is 396 g/mol. The summed E-state index contributed by atoms with van der Waals surface area (Å²) >= 11 is 0. The van der Waals surface area contributed by atoms with E-state index in [9.17, 15) is 22.8 Å². The Morgan fingerprint density at radius 1 is 0.931 bits per heavy atom. The van der Waals surface area contributed by atoms with Crippen LogP contribution in [0.5, 0.6) is 0 Å². The van der Waals surface area contributed by atoms with E-state index < -0.39 is 28.4 Å². The molecule has 1 aromatic rings. The zero-order valence-electron chi connectivity index (χ0n) is 16.3. The molecule has 0 aliphatic carbocycles. The zero-order valence-corrected chi connectivity index (χ0v) is 17.2. The number of esters is 1. The van der Waals surface area contributed by atoms with Gasteiger partial charge < -0.3 is 9.64 Å². The highest BCUT2D eigenvalue weighted by molar-refractivity contribution is 7.89. The van der Waals surface area contributed by atoms with Crippen LogP contribution in [0.1, 0.15) is 48.9 Å². The lowest BCUT2D eigenvalue weighted by atomic mass is 10.1. The van der Waals surface area contributed by atoms with Crippen molar-refractivity contribution in [2.45, 2.75) is 43.4 Å². The van der Waals surface area contributed by atoms with Crippen molar-refractivity contribution in [3.8, 4) is 0 Å². The van der Waals surface area contributed by atoms with Crippen LogP contribution < -0.4 is 0 Å². The molecule has 3 rings (SSSR count). The SMILES string of the molecule is O=C(CN1CCCCCC1=O)OCC(=O)c1ccc(S(=O)(=O)N2CCCC2)cc1. The van der Waals surface area contributed by atoms with Crippen LogP contribution in [0.15, 0.2) is 29.2 Å². The monoisotopic (exact) mass is 422 g/mol. The molecule has 0 atom stereocenters. The van der Waals surface area contributed by atoms with Crippen LogP contribution in [-0.2, 0) is 24.3 Å². The minimum atomic E-state index is -3.53. The van der Waals surface area contributed by atoms with Crippen molar-refractivity contribution < 1.29 is 27.5 Å². The number of hydrogen-bond donors (Lipinski definition) is 0. The average Bonchev–Trinajstić information content (AvgIpc) is 3.19. The van der Waals surface area contributed by atoms with Crippen molar-refractivity contribution >= 4 is 27.7 Å².